The van der Waals surface area contributed by atoms with E-state index in [4.69, 9.17) is 5.73 Å². The number of hydrogen-bond acceptors (Lipinski definition) is 3. The summed E-state index contributed by atoms with van der Waals surface area (Å²) in [7, 11) is 0. The van der Waals surface area contributed by atoms with Crippen LogP contribution in [-0.2, 0) is 13.0 Å². The zero-order chi connectivity index (χ0) is 12.4. The first-order valence-electron chi connectivity index (χ1n) is 6.35. The molecule has 1 aliphatic heterocycles. The fraction of sp³-hybridized carbons (Fsp3) is 0.615. The molecule has 1 aromatic rings. The molecule has 94 valence electrons. The van der Waals surface area contributed by atoms with Gasteiger partial charge in [0.25, 0.3) is 5.56 Å². The number of hydrogen-bond donors (Lipinski definition) is 2. The molecule has 4 nitrogen and oxygen atoms in total. The van der Waals surface area contributed by atoms with E-state index < -0.39 is 0 Å². The Balaban J connectivity index is 2.62. The number of aromatic nitrogens is 1. The summed E-state index contributed by atoms with van der Waals surface area (Å²) in [5.74, 6) is 1.36. The van der Waals surface area contributed by atoms with Crippen LogP contribution >= 0.6 is 0 Å². The van der Waals surface area contributed by atoms with Crippen LogP contribution in [0.1, 0.15) is 37.3 Å². The first-order chi connectivity index (χ1) is 8.15. The third kappa shape index (κ3) is 2.22. The normalized spacial score (nSPS) is 14.6. The number of anilines is 1. The number of nitrogens with one attached hydrogen (secondary N) is 1. The van der Waals surface area contributed by atoms with Crippen molar-refractivity contribution in [2.75, 3.05) is 18.4 Å². The van der Waals surface area contributed by atoms with Crippen molar-refractivity contribution in [3.63, 3.8) is 0 Å². The maximum atomic E-state index is 12.0. The molecule has 0 spiro atoms. The lowest BCUT2D eigenvalue weighted by Crippen LogP contribution is -2.31. The molecule has 2 rings (SSSR count). The van der Waals surface area contributed by atoms with Crippen LogP contribution in [0.25, 0.3) is 0 Å². The number of fused-ring (bicyclic) bond motifs is 1. The summed E-state index contributed by atoms with van der Waals surface area (Å²) >= 11 is 0. The summed E-state index contributed by atoms with van der Waals surface area (Å²) in [5.41, 5.74) is 8.16. The molecule has 0 radical (unpaired) electrons. The monoisotopic (exact) mass is 235 g/mol. The highest BCUT2D eigenvalue weighted by Crippen LogP contribution is 2.26. The van der Waals surface area contributed by atoms with Crippen molar-refractivity contribution in [2.24, 2.45) is 5.73 Å². The van der Waals surface area contributed by atoms with Gasteiger partial charge in [0.05, 0.1) is 0 Å². The predicted octanol–water partition coefficient (Wildman–Crippen LogP) is 1.29. The van der Waals surface area contributed by atoms with Gasteiger partial charge in [0.15, 0.2) is 0 Å². The van der Waals surface area contributed by atoms with Gasteiger partial charge in [-0.25, -0.2) is 0 Å². The van der Waals surface area contributed by atoms with E-state index in [2.05, 4.69) is 19.2 Å². The van der Waals surface area contributed by atoms with Crippen molar-refractivity contribution in [3.8, 4) is 0 Å². The van der Waals surface area contributed by atoms with Crippen LogP contribution in [0, 0.1) is 0 Å². The molecule has 3 N–H and O–H groups in total. The summed E-state index contributed by atoms with van der Waals surface area (Å²) in [4.78, 5) is 12.0. The second-order valence-electron chi connectivity index (χ2n) is 4.89. The molecule has 2 heterocycles. The van der Waals surface area contributed by atoms with Crippen molar-refractivity contribution >= 4 is 5.82 Å². The van der Waals surface area contributed by atoms with Crippen molar-refractivity contribution < 1.29 is 0 Å². The largest absolute Gasteiger partial charge is 0.371 e. The summed E-state index contributed by atoms with van der Waals surface area (Å²) in [5, 5.41) is 3.36. The third-order valence-electron chi connectivity index (χ3n) is 3.32. The number of nitrogens with two attached hydrogens (primary N) is 1. The van der Waals surface area contributed by atoms with Gasteiger partial charge in [-0.2, -0.15) is 0 Å². The van der Waals surface area contributed by atoms with Gasteiger partial charge in [-0.15, -0.1) is 0 Å². The standard InChI is InChI=1S/C13H21N3O/c1-9(2)11-8-12(17)16-7-3-6-15-13(16)10(11)4-5-14/h8-9,15H,3-7,14H2,1-2H3. The highest BCUT2D eigenvalue weighted by atomic mass is 16.1. The Labute approximate surface area is 102 Å². The number of pyridine rings is 1. The van der Waals surface area contributed by atoms with E-state index in [1.165, 1.54) is 5.56 Å². The molecule has 1 aliphatic rings. The lowest BCUT2D eigenvalue weighted by molar-refractivity contribution is 0.599. The fourth-order valence-electron chi connectivity index (χ4n) is 2.50. The minimum atomic E-state index is 0.108. The maximum Gasteiger partial charge on any atom is 0.252 e. The average Bonchev–Trinajstić information content (AvgIpc) is 2.32. The van der Waals surface area contributed by atoms with E-state index in [-0.39, 0.29) is 5.56 Å². The van der Waals surface area contributed by atoms with Gasteiger partial charge >= 0.3 is 0 Å². The lowest BCUT2D eigenvalue weighted by Gasteiger charge is -2.26. The van der Waals surface area contributed by atoms with Crippen molar-refractivity contribution in [3.05, 3.63) is 27.5 Å². The van der Waals surface area contributed by atoms with E-state index in [1.54, 1.807) is 6.07 Å². The Morgan fingerprint density at radius 3 is 2.94 bits per heavy atom. The van der Waals surface area contributed by atoms with Crippen molar-refractivity contribution in [1.29, 1.82) is 0 Å². The van der Waals surface area contributed by atoms with Crippen molar-refractivity contribution in [2.45, 2.75) is 39.2 Å². The van der Waals surface area contributed by atoms with Crippen LogP contribution in [-0.4, -0.2) is 17.7 Å². The van der Waals surface area contributed by atoms with Gasteiger partial charge in [0.1, 0.15) is 5.82 Å². The summed E-state index contributed by atoms with van der Waals surface area (Å²) in [6.45, 7) is 6.62. The molecule has 0 fully saturated rings. The van der Waals surface area contributed by atoms with E-state index in [9.17, 15) is 4.79 Å². The van der Waals surface area contributed by atoms with Gasteiger partial charge < -0.3 is 11.1 Å². The molecule has 0 aliphatic carbocycles. The highest BCUT2D eigenvalue weighted by molar-refractivity contribution is 5.51. The van der Waals surface area contributed by atoms with Crippen LogP contribution in [0.5, 0.6) is 0 Å². The Hall–Kier alpha value is -1.29. The molecule has 0 atom stereocenters. The molecular weight excluding hydrogens is 214 g/mol. The third-order valence-corrected chi connectivity index (χ3v) is 3.32. The van der Waals surface area contributed by atoms with Crippen molar-refractivity contribution in [1.82, 2.24) is 4.57 Å². The molecule has 0 bridgehead atoms. The molecule has 0 aromatic carbocycles. The van der Waals surface area contributed by atoms with E-state index >= 15 is 0 Å². The smallest absolute Gasteiger partial charge is 0.252 e. The average molecular weight is 235 g/mol. The Kier molecular flexibility index (Phi) is 3.52. The van der Waals surface area contributed by atoms with Crippen LogP contribution in [0.4, 0.5) is 5.82 Å². The Morgan fingerprint density at radius 2 is 2.29 bits per heavy atom. The Morgan fingerprint density at radius 1 is 1.53 bits per heavy atom. The molecule has 0 unspecified atom stereocenters. The first-order valence-corrected chi connectivity index (χ1v) is 6.35. The molecule has 0 saturated carbocycles. The van der Waals surface area contributed by atoms with Crippen LogP contribution < -0.4 is 16.6 Å². The molecule has 0 saturated heterocycles. The van der Waals surface area contributed by atoms with Crippen LogP contribution in [0.2, 0.25) is 0 Å². The quantitative estimate of drug-likeness (QED) is 0.830. The predicted molar refractivity (Wildman–Crippen MR) is 70.7 cm³/mol. The zero-order valence-electron chi connectivity index (χ0n) is 10.6. The second-order valence-corrected chi connectivity index (χ2v) is 4.89. The maximum absolute atomic E-state index is 12.0. The fourth-order valence-corrected chi connectivity index (χ4v) is 2.50. The number of nitrogens with zero attached hydrogens (tertiary/aromatic N) is 1. The summed E-state index contributed by atoms with van der Waals surface area (Å²) in [6.07, 6.45) is 1.84. The minimum absolute atomic E-state index is 0.108. The lowest BCUT2D eigenvalue weighted by atomic mass is 9.95. The van der Waals surface area contributed by atoms with E-state index in [1.807, 2.05) is 4.57 Å². The molecule has 0 amide bonds. The van der Waals surface area contributed by atoms with Crippen LogP contribution in [0.3, 0.4) is 0 Å². The van der Waals surface area contributed by atoms with Gasteiger partial charge in [0.2, 0.25) is 0 Å². The number of rotatable bonds is 3. The topological polar surface area (TPSA) is 60.0 Å². The van der Waals surface area contributed by atoms with E-state index in [0.29, 0.717) is 12.5 Å². The van der Waals surface area contributed by atoms with Gasteiger partial charge in [0, 0.05) is 19.2 Å². The summed E-state index contributed by atoms with van der Waals surface area (Å²) in [6, 6.07) is 1.78. The van der Waals surface area contributed by atoms with Gasteiger partial charge in [-0.1, -0.05) is 13.8 Å². The molecule has 4 heteroatoms. The molecule has 17 heavy (non-hydrogen) atoms. The highest BCUT2D eigenvalue weighted by Gasteiger charge is 2.18. The molecule has 1 aromatic heterocycles. The summed E-state index contributed by atoms with van der Waals surface area (Å²) < 4.78 is 1.85. The van der Waals surface area contributed by atoms with E-state index in [0.717, 1.165) is 37.3 Å². The van der Waals surface area contributed by atoms with Gasteiger partial charge in [-0.3, -0.25) is 9.36 Å². The zero-order valence-corrected chi connectivity index (χ0v) is 10.6. The second kappa shape index (κ2) is 4.92. The SMILES string of the molecule is CC(C)c1cc(=O)n2c(c1CCN)NCCC2. The van der Waals surface area contributed by atoms with Crippen LogP contribution in [0.15, 0.2) is 10.9 Å². The Bertz CT molecular complexity index is 462. The molecular formula is C13H21N3O. The minimum Gasteiger partial charge on any atom is -0.371 e. The van der Waals surface area contributed by atoms with Gasteiger partial charge in [-0.05, 0) is 36.4 Å². The first kappa shape index (κ1) is 12.2.